The summed E-state index contributed by atoms with van der Waals surface area (Å²) in [4.78, 5) is 23.0. The van der Waals surface area contributed by atoms with E-state index in [1.54, 1.807) is 31.4 Å². The van der Waals surface area contributed by atoms with E-state index in [9.17, 15) is 9.59 Å². The van der Waals surface area contributed by atoms with Crippen LogP contribution in [0.25, 0.3) is 0 Å². The van der Waals surface area contributed by atoms with Crippen molar-refractivity contribution in [3.8, 4) is 23.3 Å². The van der Waals surface area contributed by atoms with Crippen molar-refractivity contribution in [2.24, 2.45) is 5.73 Å². The van der Waals surface area contributed by atoms with Crippen LogP contribution in [-0.2, 0) is 6.54 Å². The molecular formula is C20H21N3O4. The Kier molecular flexibility index (Phi) is 7.54. The smallest absolute Gasteiger partial charge is 0.315 e. The lowest BCUT2D eigenvalue weighted by atomic mass is 10.2. The maximum absolute atomic E-state index is 11.7. The molecule has 140 valence electrons. The summed E-state index contributed by atoms with van der Waals surface area (Å²) in [6.45, 7) is 0.658. The van der Waals surface area contributed by atoms with Gasteiger partial charge in [0.15, 0.2) is 0 Å². The predicted molar refractivity (Wildman–Crippen MR) is 101 cm³/mol. The number of methoxy groups -OCH3 is 1. The zero-order valence-corrected chi connectivity index (χ0v) is 15.0. The van der Waals surface area contributed by atoms with Crippen LogP contribution < -0.4 is 25.8 Å². The monoisotopic (exact) mass is 367 g/mol. The van der Waals surface area contributed by atoms with Gasteiger partial charge in [0.25, 0.3) is 5.91 Å². The van der Waals surface area contributed by atoms with Gasteiger partial charge in [-0.05, 0) is 29.8 Å². The van der Waals surface area contributed by atoms with Gasteiger partial charge in [-0.3, -0.25) is 4.79 Å². The normalized spacial score (nSPS) is 9.52. The Hall–Kier alpha value is -3.66. The summed E-state index contributed by atoms with van der Waals surface area (Å²) in [5, 5.41) is 5.36. The van der Waals surface area contributed by atoms with E-state index < -0.39 is 5.91 Å². The molecule has 0 atom stereocenters. The molecular weight excluding hydrogens is 346 g/mol. The molecule has 4 N–H and O–H groups in total. The van der Waals surface area contributed by atoms with Crippen molar-refractivity contribution >= 4 is 11.9 Å². The largest absolute Gasteiger partial charge is 0.497 e. The first kappa shape index (κ1) is 19.7. The molecule has 0 saturated carbocycles. The third-order valence-electron chi connectivity index (χ3n) is 3.53. The molecule has 0 aliphatic rings. The molecule has 27 heavy (non-hydrogen) atoms. The molecule has 0 heterocycles. The Balaban J connectivity index is 1.67. The lowest BCUT2D eigenvalue weighted by Crippen LogP contribution is -2.35. The maximum atomic E-state index is 11.7. The number of amides is 3. The number of carbonyl (C=O) groups is 2. The molecule has 0 unspecified atom stereocenters. The van der Waals surface area contributed by atoms with Crippen LogP contribution in [0.1, 0.15) is 15.9 Å². The van der Waals surface area contributed by atoms with Crippen LogP contribution in [0.2, 0.25) is 0 Å². The van der Waals surface area contributed by atoms with E-state index in [1.165, 1.54) is 0 Å². The zero-order valence-electron chi connectivity index (χ0n) is 15.0. The highest BCUT2D eigenvalue weighted by Gasteiger charge is 2.07. The van der Waals surface area contributed by atoms with Crippen LogP contribution in [0.4, 0.5) is 4.79 Å². The number of primary amides is 1. The molecule has 7 nitrogen and oxygen atoms in total. The average Bonchev–Trinajstić information content (AvgIpc) is 2.69. The van der Waals surface area contributed by atoms with Gasteiger partial charge in [0.2, 0.25) is 0 Å². The Morgan fingerprint density at radius 1 is 1.04 bits per heavy atom. The van der Waals surface area contributed by atoms with Crippen LogP contribution in [0.15, 0.2) is 48.5 Å². The number of urea groups is 1. The summed E-state index contributed by atoms with van der Waals surface area (Å²) in [5.74, 6) is 6.11. The lowest BCUT2D eigenvalue weighted by molar-refractivity contribution is 0.0997. The molecule has 2 aromatic rings. The molecule has 7 heteroatoms. The molecule has 0 aromatic heterocycles. The van der Waals surface area contributed by atoms with Crippen molar-refractivity contribution in [3.05, 3.63) is 59.7 Å². The molecule has 0 fully saturated rings. The highest BCUT2D eigenvalue weighted by molar-refractivity contribution is 5.95. The summed E-state index contributed by atoms with van der Waals surface area (Å²) < 4.78 is 10.5. The van der Waals surface area contributed by atoms with Gasteiger partial charge in [-0.15, -0.1) is 0 Å². The number of para-hydroxylation sites is 1. The molecule has 2 rings (SSSR count). The van der Waals surface area contributed by atoms with Crippen LogP contribution >= 0.6 is 0 Å². The molecule has 0 aliphatic heterocycles. The van der Waals surface area contributed by atoms with Crippen molar-refractivity contribution in [1.82, 2.24) is 10.6 Å². The number of hydrogen-bond donors (Lipinski definition) is 3. The highest BCUT2D eigenvalue weighted by atomic mass is 16.5. The van der Waals surface area contributed by atoms with Gasteiger partial charge in [0.05, 0.1) is 19.2 Å². The number of nitrogens with two attached hydrogens (primary N) is 1. The number of carbonyl (C=O) groups excluding carboxylic acids is 2. The summed E-state index contributed by atoms with van der Waals surface area (Å²) in [5.41, 5.74) is 6.53. The van der Waals surface area contributed by atoms with E-state index in [4.69, 9.17) is 15.2 Å². The fourth-order valence-corrected chi connectivity index (χ4v) is 2.14. The molecule has 0 saturated heterocycles. The van der Waals surface area contributed by atoms with Crippen LogP contribution in [0.5, 0.6) is 11.5 Å². The van der Waals surface area contributed by atoms with Crippen LogP contribution in [0, 0.1) is 11.8 Å². The molecule has 2 aromatic carbocycles. The first-order chi connectivity index (χ1) is 13.1. The Morgan fingerprint density at radius 3 is 2.48 bits per heavy atom. The Bertz CT molecular complexity index is 838. The van der Waals surface area contributed by atoms with Gasteiger partial charge < -0.3 is 25.8 Å². The van der Waals surface area contributed by atoms with Gasteiger partial charge >= 0.3 is 6.03 Å². The third kappa shape index (κ3) is 6.63. The minimum atomic E-state index is -0.561. The fourth-order valence-electron chi connectivity index (χ4n) is 2.14. The van der Waals surface area contributed by atoms with Crippen molar-refractivity contribution in [1.29, 1.82) is 0 Å². The van der Waals surface area contributed by atoms with Crippen molar-refractivity contribution in [3.63, 3.8) is 0 Å². The SMILES string of the molecule is COc1ccc(CNC(=O)NCC#CCOc2ccccc2C(N)=O)cc1. The van der Waals surface area contributed by atoms with Crippen LogP contribution in [-0.4, -0.2) is 32.2 Å². The van der Waals surface area contributed by atoms with Gasteiger partial charge in [-0.1, -0.05) is 36.1 Å². The molecule has 0 aliphatic carbocycles. The summed E-state index contributed by atoms with van der Waals surface area (Å²) in [6, 6.07) is 13.8. The van der Waals surface area contributed by atoms with Gasteiger partial charge in [-0.2, -0.15) is 0 Å². The summed E-state index contributed by atoms with van der Waals surface area (Å²) in [7, 11) is 1.60. The average molecular weight is 367 g/mol. The Labute approximate surface area is 157 Å². The highest BCUT2D eigenvalue weighted by Crippen LogP contribution is 2.16. The number of ether oxygens (including phenoxy) is 2. The second kappa shape index (κ2) is 10.4. The standard InChI is InChI=1S/C20H21N3O4/c1-26-16-10-8-15(9-11-16)14-23-20(25)22-12-4-5-13-27-18-7-3-2-6-17(18)19(21)24/h2-3,6-11H,12-14H2,1H3,(H2,21,24)(H2,22,23,25). The number of rotatable bonds is 7. The summed E-state index contributed by atoms with van der Waals surface area (Å²) >= 11 is 0. The zero-order chi connectivity index (χ0) is 19.5. The van der Waals surface area contributed by atoms with E-state index >= 15 is 0 Å². The molecule has 3 amide bonds. The predicted octanol–water partition coefficient (Wildman–Crippen LogP) is 1.68. The second-order valence-electron chi connectivity index (χ2n) is 5.39. The topological polar surface area (TPSA) is 103 Å². The Morgan fingerprint density at radius 2 is 1.78 bits per heavy atom. The van der Waals surface area contributed by atoms with Crippen LogP contribution in [0.3, 0.4) is 0 Å². The van der Waals surface area contributed by atoms with E-state index in [1.807, 2.05) is 24.3 Å². The number of nitrogens with one attached hydrogen (secondary N) is 2. The van der Waals surface area contributed by atoms with E-state index in [2.05, 4.69) is 22.5 Å². The minimum absolute atomic E-state index is 0.0828. The fraction of sp³-hybridized carbons (Fsp3) is 0.200. The van der Waals surface area contributed by atoms with Gasteiger partial charge in [-0.25, -0.2) is 4.79 Å². The third-order valence-corrected chi connectivity index (χ3v) is 3.53. The molecule has 0 radical (unpaired) electrons. The molecule has 0 spiro atoms. The first-order valence-electron chi connectivity index (χ1n) is 8.22. The van der Waals surface area contributed by atoms with Crippen molar-refractivity contribution < 1.29 is 19.1 Å². The van der Waals surface area contributed by atoms with E-state index in [-0.39, 0.29) is 19.2 Å². The second-order valence-corrected chi connectivity index (χ2v) is 5.39. The van der Waals surface area contributed by atoms with Crippen molar-refractivity contribution in [2.45, 2.75) is 6.54 Å². The lowest BCUT2D eigenvalue weighted by Gasteiger charge is -2.06. The van der Waals surface area contributed by atoms with E-state index in [0.29, 0.717) is 17.9 Å². The van der Waals surface area contributed by atoms with Gasteiger partial charge in [0, 0.05) is 6.54 Å². The molecule has 0 bridgehead atoms. The number of benzene rings is 2. The van der Waals surface area contributed by atoms with E-state index in [0.717, 1.165) is 11.3 Å². The van der Waals surface area contributed by atoms with Gasteiger partial charge in [0.1, 0.15) is 18.1 Å². The quantitative estimate of drug-likeness (QED) is 0.648. The first-order valence-corrected chi connectivity index (χ1v) is 8.22. The van der Waals surface area contributed by atoms with Crippen molar-refractivity contribution in [2.75, 3.05) is 20.3 Å². The summed E-state index contributed by atoms with van der Waals surface area (Å²) in [6.07, 6.45) is 0. The minimum Gasteiger partial charge on any atom is -0.497 e. The number of hydrogen-bond acceptors (Lipinski definition) is 4. The maximum Gasteiger partial charge on any atom is 0.315 e.